The van der Waals surface area contributed by atoms with Crippen LogP contribution >= 0.6 is 11.8 Å². The number of fused-ring (bicyclic) bond motifs is 1. The van der Waals surface area contributed by atoms with Crippen LogP contribution in [0.4, 0.5) is 20.6 Å². The van der Waals surface area contributed by atoms with E-state index in [0.29, 0.717) is 11.4 Å². The van der Waals surface area contributed by atoms with Crippen LogP contribution in [-0.4, -0.2) is 16.5 Å². The molecule has 1 saturated heterocycles. The summed E-state index contributed by atoms with van der Waals surface area (Å²) in [6, 6.07) is 18.8. The molecule has 3 aromatic rings. The second-order valence-corrected chi connectivity index (χ2v) is 6.64. The number of halogens is 1. The number of imide groups is 1. The molecule has 0 aliphatic carbocycles. The molecule has 4 rings (SSSR count). The van der Waals surface area contributed by atoms with Crippen LogP contribution < -0.4 is 10.2 Å². The van der Waals surface area contributed by atoms with Crippen molar-refractivity contribution in [2.45, 2.75) is 5.37 Å². The third kappa shape index (κ3) is 2.85. The molecule has 1 atom stereocenters. The van der Waals surface area contributed by atoms with Crippen LogP contribution in [-0.2, 0) is 4.79 Å². The summed E-state index contributed by atoms with van der Waals surface area (Å²) in [7, 11) is 0. The van der Waals surface area contributed by atoms with E-state index in [1.54, 1.807) is 6.07 Å². The van der Waals surface area contributed by atoms with Crippen molar-refractivity contribution < 1.29 is 14.0 Å². The van der Waals surface area contributed by atoms with Gasteiger partial charge < -0.3 is 5.32 Å². The first kappa shape index (κ1) is 15.7. The van der Waals surface area contributed by atoms with Gasteiger partial charge in [-0.2, -0.15) is 0 Å². The van der Waals surface area contributed by atoms with Gasteiger partial charge in [0.1, 0.15) is 5.82 Å². The van der Waals surface area contributed by atoms with Crippen molar-refractivity contribution >= 4 is 45.1 Å². The van der Waals surface area contributed by atoms with Crippen molar-refractivity contribution in [3.05, 3.63) is 72.5 Å². The van der Waals surface area contributed by atoms with E-state index in [-0.39, 0.29) is 17.0 Å². The van der Waals surface area contributed by atoms with Crippen molar-refractivity contribution in [1.29, 1.82) is 0 Å². The molecule has 1 aliphatic heterocycles. The maximum Gasteiger partial charge on any atom is 0.295 e. The van der Waals surface area contributed by atoms with Gasteiger partial charge in [-0.05, 0) is 47.5 Å². The van der Waals surface area contributed by atoms with Gasteiger partial charge in [0.05, 0.1) is 5.69 Å². The standard InChI is InChI=1S/C19H13FN2O2S/c20-13-8-10-14(11-9-13)21-17-18(23)22(19(24)25-17)16-7-3-5-12-4-1-2-6-15(12)16/h1-11,17,21H. The Morgan fingerprint density at radius 2 is 1.64 bits per heavy atom. The van der Waals surface area contributed by atoms with E-state index in [9.17, 15) is 14.0 Å². The van der Waals surface area contributed by atoms with Gasteiger partial charge in [0, 0.05) is 11.1 Å². The van der Waals surface area contributed by atoms with Crippen LogP contribution in [0.3, 0.4) is 0 Å². The van der Waals surface area contributed by atoms with Gasteiger partial charge in [-0.25, -0.2) is 9.29 Å². The molecule has 0 radical (unpaired) electrons. The van der Waals surface area contributed by atoms with Crippen LogP contribution in [0.5, 0.6) is 0 Å². The number of nitrogens with one attached hydrogen (secondary N) is 1. The predicted octanol–water partition coefficient (Wildman–Crippen LogP) is 4.62. The van der Waals surface area contributed by atoms with E-state index in [4.69, 9.17) is 0 Å². The normalized spacial score (nSPS) is 17.3. The van der Waals surface area contributed by atoms with Crippen molar-refractivity contribution in [3.8, 4) is 0 Å². The summed E-state index contributed by atoms with van der Waals surface area (Å²) in [5.74, 6) is -0.694. The molecule has 4 nitrogen and oxygen atoms in total. The molecule has 2 amide bonds. The lowest BCUT2D eigenvalue weighted by Gasteiger charge is -2.17. The zero-order chi connectivity index (χ0) is 17.4. The highest BCUT2D eigenvalue weighted by atomic mass is 32.2. The number of carbonyl (C=O) groups excluding carboxylic acids is 2. The number of nitrogens with zero attached hydrogens (tertiary/aromatic N) is 1. The fourth-order valence-electron chi connectivity index (χ4n) is 2.82. The van der Waals surface area contributed by atoms with Crippen LogP contribution in [0.1, 0.15) is 0 Å². The Kier molecular flexibility index (Phi) is 3.89. The number of rotatable bonds is 3. The van der Waals surface area contributed by atoms with Crippen molar-refractivity contribution in [2.75, 3.05) is 10.2 Å². The Bertz CT molecular complexity index is 969. The summed E-state index contributed by atoms with van der Waals surface area (Å²) >= 11 is 0.917. The molecule has 25 heavy (non-hydrogen) atoms. The molecule has 0 bridgehead atoms. The van der Waals surface area contributed by atoms with Gasteiger partial charge >= 0.3 is 0 Å². The maximum absolute atomic E-state index is 13.0. The fourth-order valence-corrected chi connectivity index (χ4v) is 3.72. The Labute approximate surface area is 147 Å². The quantitative estimate of drug-likeness (QED) is 0.747. The van der Waals surface area contributed by atoms with E-state index in [0.717, 1.165) is 22.5 Å². The lowest BCUT2D eigenvalue weighted by atomic mass is 10.1. The second-order valence-electron chi connectivity index (χ2n) is 5.59. The predicted molar refractivity (Wildman–Crippen MR) is 98.2 cm³/mol. The number of thioether (sulfide) groups is 1. The number of amides is 2. The minimum absolute atomic E-state index is 0.332. The fraction of sp³-hybridized carbons (Fsp3) is 0.0526. The number of carbonyl (C=O) groups is 2. The summed E-state index contributed by atoms with van der Waals surface area (Å²) in [4.78, 5) is 26.4. The molecule has 1 fully saturated rings. The topological polar surface area (TPSA) is 49.4 Å². The van der Waals surface area contributed by atoms with Gasteiger partial charge in [-0.3, -0.25) is 9.59 Å². The highest BCUT2D eigenvalue weighted by Crippen LogP contribution is 2.36. The van der Waals surface area contributed by atoms with Gasteiger partial charge in [-0.1, -0.05) is 36.4 Å². The molecule has 0 spiro atoms. The molecule has 1 heterocycles. The second kappa shape index (κ2) is 6.22. The van der Waals surface area contributed by atoms with E-state index >= 15 is 0 Å². The van der Waals surface area contributed by atoms with Crippen molar-refractivity contribution in [1.82, 2.24) is 0 Å². The van der Waals surface area contributed by atoms with Gasteiger partial charge in [-0.15, -0.1) is 0 Å². The zero-order valence-electron chi connectivity index (χ0n) is 13.0. The van der Waals surface area contributed by atoms with Gasteiger partial charge in [0.2, 0.25) is 0 Å². The van der Waals surface area contributed by atoms with Gasteiger partial charge in [0.25, 0.3) is 11.1 Å². The summed E-state index contributed by atoms with van der Waals surface area (Å²) in [5.41, 5.74) is 1.16. The smallest absolute Gasteiger partial charge is 0.295 e. The molecule has 6 heteroatoms. The molecule has 1 unspecified atom stereocenters. The molecule has 0 saturated carbocycles. The number of benzene rings is 3. The lowest BCUT2D eigenvalue weighted by molar-refractivity contribution is -0.116. The number of hydrogen-bond donors (Lipinski definition) is 1. The first-order chi connectivity index (χ1) is 12.1. The average Bonchev–Trinajstić information content (AvgIpc) is 2.90. The Morgan fingerprint density at radius 3 is 2.44 bits per heavy atom. The largest absolute Gasteiger partial charge is 0.365 e. The van der Waals surface area contributed by atoms with Crippen LogP contribution in [0.2, 0.25) is 0 Å². The van der Waals surface area contributed by atoms with E-state index in [1.807, 2.05) is 36.4 Å². The Hall–Kier alpha value is -2.86. The van der Waals surface area contributed by atoms with E-state index in [2.05, 4.69) is 5.32 Å². The van der Waals surface area contributed by atoms with Crippen molar-refractivity contribution in [2.24, 2.45) is 0 Å². The molecule has 0 aromatic heterocycles. The summed E-state index contributed by atoms with van der Waals surface area (Å²) in [6.07, 6.45) is 0. The van der Waals surface area contributed by atoms with Gasteiger partial charge in [0.15, 0.2) is 5.37 Å². The third-order valence-electron chi connectivity index (χ3n) is 4.00. The molecular weight excluding hydrogens is 339 g/mol. The molecule has 1 N–H and O–H groups in total. The summed E-state index contributed by atoms with van der Waals surface area (Å²) in [5, 5.41) is 3.71. The highest BCUT2D eigenvalue weighted by molar-refractivity contribution is 8.16. The molecule has 3 aromatic carbocycles. The summed E-state index contributed by atoms with van der Waals surface area (Å²) in [6.45, 7) is 0. The molecule has 124 valence electrons. The molecule has 1 aliphatic rings. The first-order valence-electron chi connectivity index (χ1n) is 7.68. The minimum Gasteiger partial charge on any atom is -0.365 e. The minimum atomic E-state index is -0.739. The molecular formula is C19H13FN2O2S. The summed E-state index contributed by atoms with van der Waals surface area (Å²) < 4.78 is 13.0. The number of anilines is 2. The Morgan fingerprint density at radius 1 is 0.920 bits per heavy atom. The van der Waals surface area contributed by atoms with Crippen molar-refractivity contribution in [3.63, 3.8) is 0 Å². The maximum atomic E-state index is 13.0. The van der Waals surface area contributed by atoms with Crippen LogP contribution in [0.25, 0.3) is 10.8 Å². The Balaban J connectivity index is 1.66. The van der Waals surface area contributed by atoms with E-state index < -0.39 is 5.37 Å². The SMILES string of the molecule is O=C1SC(Nc2ccc(F)cc2)C(=O)N1c1cccc2ccccc12. The third-order valence-corrected chi connectivity index (χ3v) is 4.93. The van der Waals surface area contributed by atoms with Crippen LogP contribution in [0, 0.1) is 5.82 Å². The average molecular weight is 352 g/mol. The zero-order valence-corrected chi connectivity index (χ0v) is 13.8. The monoisotopic (exact) mass is 352 g/mol. The highest BCUT2D eigenvalue weighted by Gasteiger charge is 2.41. The lowest BCUT2D eigenvalue weighted by Crippen LogP contribution is -2.34. The first-order valence-corrected chi connectivity index (χ1v) is 8.56. The van der Waals surface area contributed by atoms with E-state index in [1.165, 1.54) is 29.2 Å². The number of hydrogen-bond acceptors (Lipinski definition) is 4. The van der Waals surface area contributed by atoms with Crippen LogP contribution in [0.15, 0.2) is 66.7 Å².